The minimum absolute atomic E-state index is 0.143. The number of hydrogen-bond acceptors (Lipinski definition) is 4. The van der Waals surface area contributed by atoms with E-state index in [9.17, 15) is 13.2 Å². The second-order valence-electron chi connectivity index (χ2n) is 6.53. The summed E-state index contributed by atoms with van der Waals surface area (Å²) in [6, 6.07) is 12.2. The Labute approximate surface area is 164 Å². The van der Waals surface area contributed by atoms with Crippen LogP contribution in [0.25, 0.3) is 0 Å². The molecule has 27 heavy (non-hydrogen) atoms. The Morgan fingerprint density at radius 1 is 1.07 bits per heavy atom. The molecule has 1 N–H and O–H groups in total. The number of piperazine rings is 1. The lowest BCUT2D eigenvalue weighted by atomic mass is 10.1. The van der Waals surface area contributed by atoms with Crippen LogP contribution in [0.2, 0.25) is 5.02 Å². The number of benzene rings is 2. The summed E-state index contributed by atoms with van der Waals surface area (Å²) in [5, 5.41) is 9.68. The summed E-state index contributed by atoms with van der Waals surface area (Å²) in [5.74, 6) is -0.982. The molecule has 1 fully saturated rings. The van der Waals surface area contributed by atoms with E-state index in [1.54, 1.807) is 19.1 Å². The molecule has 1 saturated heterocycles. The van der Waals surface area contributed by atoms with Gasteiger partial charge in [-0.05, 0) is 54.4 Å². The third-order valence-electron chi connectivity index (χ3n) is 4.73. The van der Waals surface area contributed by atoms with Crippen LogP contribution in [0.4, 0.5) is 5.69 Å². The van der Waals surface area contributed by atoms with Crippen molar-refractivity contribution in [2.45, 2.75) is 18.2 Å². The van der Waals surface area contributed by atoms with Crippen molar-refractivity contribution in [2.24, 2.45) is 0 Å². The van der Waals surface area contributed by atoms with Gasteiger partial charge in [0.1, 0.15) is 0 Å². The molecular formula is C19H21ClN2O4S. The Balaban J connectivity index is 1.75. The van der Waals surface area contributed by atoms with Crippen LogP contribution in [0.3, 0.4) is 0 Å². The quantitative estimate of drug-likeness (QED) is 0.823. The predicted molar refractivity (Wildman–Crippen MR) is 105 cm³/mol. The second-order valence-corrected chi connectivity index (χ2v) is 8.90. The summed E-state index contributed by atoms with van der Waals surface area (Å²) < 4.78 is 27.4. The zero-order valence-electron chi connectivity index (χ0n) is 14.9. The first-order valence-electron chi connectivity index (χ1n) is 8.59. The summed E-state index contributed by atoms with van der Waals surface area (Å²) >= 11 is 5.91. The lowest BCUT2D eigenvalue weighted by Gasteiger charge is -2.35. The first kappa shape index (κ1) is 19.7. The van der Waals surface area contributed by atoms with E-state index in [0.29, 0.717) is 36.8 Å². The van der Waals surface area contributed by atoms with Crippen LogP contribution < -0.4 is 4.90 Å². The van der Waals surface area contributed by atoms with Gasteiger partial charge in [-0.3, -0.25) is 4.79 Å². The zero-order valence-corrected chi connectivity index (χ0v) is 16.5. The van der Waals surface area contributed by atoms with Crippen molar-refractivity contribution in [3.63, 3.8) is 0 Å². The van der Waals surface area contributed by atoms with E-state index in [1.807, 2.05) is 24.3 Å². The molecule has 0 aliphatic carbocycles. The number of carbonyl (C=O) groups is 1. The largest absolute Gasteiger partial charge is 0.481 e. The van der Waals surface area contributed by atoms with Crippen molar-refractivity contribution in [3.05, 3.63) is 58.6 Å². The highest BCUT2D eigenvalue weighted by Crippen LogP contribution is 2.24. The van der Waals surface area contributed by atoms with Gasteiger partial charge in [-0.2, -0.15) is 4.31 Å². The minimum Gasteiger partial charge on any atom is -0.481 e. The molecule has 2 aromatic rings. The van der Waals surface area contributed by atoms with Crippen LogP contribution in [-0.2, 0) is 21.2 Å². The van der Waals surface area contributed by atoms with Crippen molar-refractivity contribution in [1.82, 2.24) is 4.31 Å². The third kappa shape index (κ3) is 4.43. The van der Waals surface area contributed by atoms with Gasteiger partial charge in [-0.15, -0.1) is 0 Å². The van der Waals surface area contributed by atoms with Gasteiger partial charge in [0, 0.05) is 36.9 Å². The molecule has 1 aliphatic heterocycles. The number of aliphatic carboxylic acids is 1. The maximum Gasteiger partial charge on any atom is 0.307 e. The Morgan fingerprint density at radius 3 is 2.30 bits per heavy atom. The maximum absolute atomic E-state index is 13.0. The molecule has 0 atom stereocenters. The van der Waals surface area contributed by atoms with E-state index in [2.05, 4.69) is 4.90 Å². The van der Waals surface area contributed by atoms with Crippen LogP contribution in [0.1, 0.15) is 11.1 Å². The molecular weight excluding hydrogens is 388 g/mol. The smallest absolute Gasteiger partial charge is 0.307 e. The SMILES string of the molecule is Cc1ccc(S(=O)(=O)N2CCN(c3ccc(Cl)cc3)CC2)cc1CC(=O)O. The maximum atomic E-state index is 13.0. The molecule has 0 radical (unpaired) electrons. The van der Waals surface area contributed by atoms with Crippen molar-refractivity contribution >= 4 is 33.3 Å². The van der Waals surface area contributed by atoms with E-state index < -0.39 is 16.0 Å². The van der Waals surface area contributed by atoms with Gasteiger partial charge in [-0.25, -0.2) is 8.42 Å². The molecule has 1 aliphatic rings. The van der Waals surface area contributed by atoms with E-state index in [-0.39, 0.29) is 11.3 Å². The first-order valence-corrected chi connectivity index (χ1v) is 10.4. The molecule has 0 bridgehead atoms. The monoisotopic (exact) mass is 408 g/mol. The van der Waals surface area contributed by atoms with Crippen molar-refractivity contribution in [1.29, 1.82) is 0 Å². The summed E-state index contributed by atoms with van der Waals surface area (Å²) in [6.45, 7) is 3.67. The highest BCUT2D eigenvalue weighted by atomic mass is 35.5. The van der Waals surface area contributed by atoms with Crippen molar-refractivity contribution in [2.75, 3.05) is 31.1 Å². The summed E-state index contributed by atoms with van der Waals surface area (Å²) in [6.07, 6.45) is -0.195. The van der Waals surface area contributed by atoms with Crippen LogP contribution in [0.15, 0.2) is 47.4 Å². The Morgan fingerprint density at radius 2 is 1.70 bits per heavy atom. The molecule has 8 heteroatoms. The average molecular weight is 409 g/mol. The van der Waals surface area contributed by atoms with Gasteiger partial charge in [0.25, 0.3) is 0 Å². The van der Waals surface area contributed by atoms with Crippen molar-refractivity contribution in [3.8, 4) is 0 Å². The molecule has 1 heterocycles. The number of halogens is 1. The van der Waals surface area contributed by atoms with E-state index in [1.165, 1.54) is 10.4 Å². The number of nitrogens with zero attached hydrogens (tertiary/aromatic N) is 2. The molecule has 0 amide bonds. The average Bonchev–Trinajstić information content (AvgIpc) is 2.64. The fraction of sp³-hybridized carbons (Fsp3) is 0.316. The normalized spacial score (nSPS) is 15.7. The zero-order chi connectivity index (χ0) is 19.6. The number of anilines is 1. The highest BCUT2D eigenvalue weighted by molar-refractivity contribution is 7.89. The number of rotatable bonds is 5. The van der Waals surface area contributed by atoms with E-state index in [4.69, 9.17) is 16.7 Å². The molecule has 0 saturated carbocycles. The molecule has 144 valence electrons. The summed E-state index contributed by atoms with van der Waals surface area (Å²) in [4.78, 5) is 13.3. The topological polar surface area (TPSA) is 77.9 Å². The molecule has 2 aromatic carbocycles. The number of carboxylic acid groups (broad SMARTS) is 1. The molecule has 0 aromatic heterocycles. The minimum atomic E-state index is -3.66. The summed E-state index contributed by atoms with van der Waals surface area (Å²) in [5.41, 5.74) is 2.29. The molecule has 0 spiro atoms. The number of hydrogen-bond donors (Lipinski definition) is 1. The Kier molecular flexibility index (Phi) is 5.74. The summed E-state index contributed by atoms with van der Waals surface area (Å²) in [7, 11) is -3.66. The van der Waals surface area contributed by atoms with Gasteiger partial charge >= 0.3 is 5.97 Å². The number of sulfonamides is 1. The Bertz CT molecular complexity index is 937. The van der Waals surface area contributed by atoms with Crippen molar-refractivity contribution < 1.29 is 18.3 Å². The predicted octanol–water partition coefficient (Wildman–Crippen LogP) is 2.79. The standard InChI is InChI=1S/C19H21ClN2O4S/c1-14-2-7-18(12-15(14)13-19(23)24)27(25,26)22-10-8-21(9-11-22)17-5-3-16(20)4-6-17/h2-7,12H,8-11,13H2,1H3,(H,23,24). The van der Waals surface area contributed by atoms with Gasteiger partial charge < -0.3 is 10.0 Å². The van der Waals surface area contributed by atoms with E-state index in [0.717, 1.165) is 11.3 Å². The fourth-order valence-electron chi connectivity index (χ4n) is 3.15. The van der Waals surface area contributed by atoms with Crippen LogP contribution in [-0.4, -0.2) is 50.0 Å². The van der Waals surface area contributed by atoms with Crippen LogP contribution in [0, 0.1) is 6.92 Å². The van der Waals surface area contributed by atoms with Gasteiger partial charge in [-0.1, -0.05) is 17.7 Å². The Hall–Kier alpha value is -2.09. The van der Waals surface area contributed by atoms with Gasteiger partial charge in [0.05, 0.1) is 11.3 Å². The van der Waals surface area contributed by atoms with E-state index >= 15 is 0 Å². The van der Waals surface area contributed by atoms with Crippen LogP contribution >= 0.6 is 11.6 Å². The molecule has 0 unspecified atom stereocenters. The number of carboxylic acids is 1. The first-order chi connectivity index (χ1) is 12.8. The number of aryl methyl sites for hydroxylation is 1. The molecule has 3 rings (SSSR count). The van der Waals surface area contributed by atoms with Gasteiger partial charge in [0.15, 0.2) is 0 Å². The van der Waals surface area contributed by atoms with Crippen LogP contribution in [0.5, 0.6) is 0 Å². The molecule has 6 nitrogen and oxygen atoms in total. The van der Waals surface area contributed by atoms with Gasteiger partial charge in [0.2, 0.25) is 10.0 Å². The lowest BCUT2D eigenvalue weighted by molar-refractivity contribution is -0.136. The highest BCUT2D eigenvalue weighted by Gasteiger charge is 2.29. The fourth-order valence-corrected chi connectivity index (χ4v) is 4.75. The third-order valence-corrected chi connectivity index (χ3v) is 6.88. The second kappa shape index (κ2) is 7.88. The lowest BCUT2D eigenvalue weighted by Crippen LogP contribution is -2.48.